The molecule has 0 unspecified atom stereocenters. The fourth-order valence-corrected chi connectivity index (χ4v) is 4.95. The molecule has 1 N–H and O–H groups in total. The number of rotatable bonds is 9. The van der Waals surface area contributed by atoms with Crippen LogP contribution in [0.25, 0.3) is 0 Å². The van der Waals surface area contributed by atoms with Gasteiger partial charge in [0.15, 0.2) is 6.61 Å². The van der Waals surface area contributed by atoms with Crippen LogP contribution < -0.4 is 10.1 Å². The highest BCUT2D eigenvalue weighted by molar-refractivity contribution is 14.1. The van der Waals surface area contributed by atoms with Crippen molar-refractivity contribution in [1.82, 2.24) is 10.2 Å². The smallest absolute Gasteiger partial charge is 0.261 e. The third kappa shape index (κ3) is 7.49. The highest BCUT2D eigenvalue weighted by Gasteiger charge is 2.31. The number of carbonyl (C=O) groups excluding carboxylic acids is 2. The van der Waals surface area contributed by atoms with E-state index in [0.717, 1.165) is 29.3 Å². The minimum atomic E-state index is -0.646. The summed E-state index contributed by atoms with van der Waals surface area (Å²) in [4.78, 5) is 28.1. The SMILES string of the molecule is CC[C@H](C(=O)NC1CCCCC1)N(Cc1c(Cl)cccc1Cl)C(=O)COc1ccc(I)cc1. The molecule has 5 nitrogen and oxygen atoms in total. The normalized spacial score (nSPS) is 15.0. The zero-order chi connectivity index (χ0) is 23.8. The number of benzene rings is 2. The van der Waals surface area contributed by atoms with Crippen molar-refractivity contribution in [3.63, 3.8) is 0 Å². The van der Waals surface area contributed by atoms with Crippen molar-refractivity contribution in [1.29, 1.82) is 0 Å². The Bertz CT molecular complexity index is 929. The molecule has 0 radical (unpaired) electrons. The number of nitrogens with one attached hydrogen (secondary N) is 1. The van der Waals surface area contributed by atoms with Crippen LogP contribution in [0.5, 0.6) is 5.75 Å². The summed E-state index contributed by atoms with van der Waals surface area (Å²) < 4.78 is 6.81. The van der Waals surface area contributed by atoms with Crippen molar-refractivity contribution >= 4 is 57.6 Å². The molecule has 1 aliphatic rings. The predicted molar refractivity (Wildman–Crippen MR) is 141 cm³/mol. The van der Waals surface area contributed by atoms with Crippen molar-refractivity contribution < 1.29 is 14.3 Å². The van der Waals surface area contributed by atoms with E-state index < -0.39 is 6.04 Å². The molecule has 0 saturated heterocycles. The van der Waals surface area contributed by atoms with E-state index in [1.165, 1.54) is 11.3 Å². The number of carbonyl (C=O) groups is 2. The van der Waals surface area contributed by atoms with E-state index >= 15 is 0 Å². The molecule has 0 bridgehead atoms. The van der Waals surface area contributed by atoms with Gasteiger partial charge in [-0.3, -0.25) is 9.59 Å². The molecule has 2 aromatic carbocycles. The average molecular weight is 603 g/mol. The van der Waals surface area contributed by atoms with Gasteiger partial charge in [0.05, 0.1) is 0 Å². The van der Waals surface area contributed by atoms with E-state index in [0.29, 0.717) is 27.8 Å². The molecule has 0 aliphatic heterocycles. The lowest BCUT2D eigenvalue weighted by atomic mass is 9.95. The quantitative estimate of drug-likeness (QED) is 0.346. The second-order valence-corrected chi connectivity index (χ2v) is 10.3. The Labute approximate surface area is 219 Å². The number of hydrogen-bond donors (Lipinski definition) is 1. The van der Waals surface area contributed by atoms with E-state index in [1.807, 2.05) is 31.2 Å². The number of ether oxygens (including phenoxy) is 1. The summed E-state index contributed by atoms with van der Waals surface area (Å²) in [6.07, 6.45) is 5.85. The van der Waals surface area contributed by atoms with Crippen LogP contribution in [0.15, 0.2) is 42.5 Å². The van der Waals surface area contributed by atoms with Crippen LogP contribution in [0.1, 0.15) is 51.0 Å². The van der Waals surface area contributed by atoms with Crippen molar-refractivity contribution in [3.8, 4) is 5.75 Å². The molecular weight excluding hydrogens is 574 g/mol. The number of halogens is 3. The fourth-order valence-electron chi connectivity index (χ4n) is 4.08. The lowest BCUT2D eigenvalue weighted by Crippen LogP contribution is -2.52. The molecule has 1 fully saturated rings. The van der Waals surface area contributed by atoms with Gasteiger partial charge >= 0.3 is 0 Å². The zero-order valence-electron chi connectivity index (χ0n) is 18.7. The second kappa shape index (κ2) is 12.8. The minimum Gasteiger partial charge on any atom is -0.484 e. The van der Waals surface area contributed by atoms with Crippen molar-refractivity contribution in [2.75, 3.05) is 6.61 Å². The lowest BCUT2D eigenvalue weighted by Gasteiger charge is -2.33. The van der Waals surface area contributed by atoms with Crippen LogP contribution in [-0.4, -0.2) is 35.4 Å². The third-order valence-electron chi connectivity index (χ3n) is 5.90. The van der Waals surface area contributed by atoms with Gasteiger partial charge in [0.2, 0.25) is 5.91 Å². The summed E-state index contributed by atoms with van der Waals surface area (Å²) in [6.45, 7) is 1.85. The van der Waals surface area contributed by atoms with Crippen LogP contribution >= 0.6 is 45.8 Å². The molecule has 1 saturated carbocycles. The maximum atomic E-state index is 13.3. The molecule has 0 aromatic heterocycles. The van der Waals surface area contributed by atoms with Gasteiger partial charge in [-0.1, -0.05) is 55.5 Å². The van der Waals surface area contributed by atoms with Gasteiger partial charge in [-0.15, -0.1) is 0 Å². The largest absolute Gasteiger partial charge is 0.484 e. The Kier molecular flexibility index (Phi) is 10.1. The Balaban J connectivity index is 1.79. The topological polar surface area (TPSA) is 58.6 Å². The van der Waals surface area contributed by atoms with Crippen LogP contribution in [-0.2, 0) is 16.1 Å². The highest BCUT2D eigenvalue weighted by Crippen LogP contribution is 2.27. The van der Waals surface area contributed by atoms with Gasteiger partial charge in [0.1, 0.15) is 11.8 Å². The molecule has 1 atom stereocenters. The van der Waals surface area contributed by atoms with Gasteiger partial charge in [0.25, 0.3) is 5.91 Å². The first-order valence-corrected chi connectivity index (χ1v) is 13.1. The Morgan fingerprint density at radius 1 is 1.09 bits per heavy atom. The zero-order valence-corrected chi connectivity index (χ0v) is 22.3. The fraction of sp³-hybridized carbons (Fsp3) is 0.440. The molecule has 178 valence electrons. The molecule has 0 heterocycles. The van der Waals surface area contributed by atoms with E-state index in [4.69, 9.17) is 27.9 Å². The first-order chi connectivity index (χ1) is 15.9. The van der Waals surface area contributed by atoms with Gasteiger partial charge < -0.3 is 15.0 Å². The Morgan fingerprint density at radius 2 is 1.73 bits per heavy atom. The molecule has 33 heavy (non-hydrogen) atoms. The maximum Gasteiger partial charge on any atom is 0.261 e. The van der Waals surface area contributed by atoms with E-state index in [2.05, 4.69) is 27.9 Å². The number of nitrogens with zero attached hydrogens (tertiary/aromatic N) is 1. The summed E-state index contributed by atoms with van der Waals surface area (Å²) >= 11 is 15.0. The van der Waals surface area contributed by atoms with Crippen molar-refractivity contribution in [2.24, 2.45) is 0 Å². The molecule has 1 aliphatic carbocycles. The summed E-state index contributed by atoms with van der Waals surface area (Å²) in [5, 5.41) is 4.08. The maximum absolute atomic E-state index is 13.3. The van der Waals surface area contributed by atoms with Crippen LogP contribution in [0.4, 0.5) is 0 Å². The summed E-state index contributed by atoms with van der Waals surface area (Å²) in [7, 11) is 0. The first kappa shape index (κ1) is 26.1. The standard InChI is InChI=1S/C25H29Cl2IN2O3/c1-2-23(25(32)29-18-7-4-3-5-8-18)30(15-20-21(26)9-6-10-22(20)27)24(31)16-33-19-13-11-17(28)12-14-19/h6,9-14,18,23H,2-5,7-8,15-16H2,1H3,(H,29,32)/t23-/m1/s1. The van der Waals surface area contributed by atoms with Crippen LogP contribution in [0, 0.1) is 3.57 Å². The summed E-state index contributed by atoms with van der Waals surface area (Å²) in [6, 6.07) is 12.2. The second-order valence-electron chi connectivity index (χ2n) is 8.23. The van der Waals surface area contributed by atoms with E-state index in [-0.39, 0.29) is 31.0 Å². The summed E-state index contributed by atoms with van der Waals surface area (Å²) in [5.41, 5.74) is 0.618. The number of hydrogen-bond acceptors (Lipinski definition) is 3. The van der Waals surface area contributed by atoms with Gasteiger partial charge in [-0.2, -0.15) is 0 Å². The number of amides is 2. The monoisotopic (exact) mass is 602 g/mol. The van der Waals surface area contributed by atoms with Gasteiger partial charge in [-0.25, -0.2) is 0 Å². The Morgan fingerprint density at radius 3 is 2.33 bits per heavy atom. The van der Waals surface area contributed by atoms with Gasteiger partial charge in [0, 0.05) is 31.8 Å². The van der Waals surface area contributed by atoms with Crippen molar-refractivity contribution in [3.05, 3.63) is 61.6 Å². The van der Waals surface area contributed by atoms with E-state index in [9.17, 15) is 9.59 Å². The minimum absolute atomic E-state index is 0.129. The highest BCUT2D eigenvalue weighted by atomic mass is 127. The summed E-state index contributed by atoms with van der Waals surface area (Å²) in [5.74, 6) is 0.157. The lowest BCUT2D eigenvalue weighted by molar-refractivity contribution is -0.143. The molecule has 8 heteroatoms. The third-order valence-corrected chi connectivity index (χ3v) is 7.33. The predicted octanol–water partition coefficient (Wildman–Crippen LogP) is 6.23. The Hall–Kier alpha value is -1.51. The molecule has 2 amide bonds. The van der Waals surface area contributed by atoms with Crippen molar-refractivity contribution in [2.45, 2.75) is 64.1 Å². The van der Waals surface area contributed by atoms with Crippen LogP contribution in [0.3, 0.4) is 0 Å². The van der Waals surface area contributed by atoms with Gasteiger partial charge in [-0.05, 0) is 78.3 Å². The van der Waals surface area contributed by atoms with E-state index in [1.54, 1.807) is 18.2 Å². The molecule has 2 aromatic rings. The molecule has 0 spiro atoms. The first-order valence-electron chi connectivity index (χ1n) is 11.3. The average Bonchev–Trinajstić information content (AvgIpc) is 2.81. The molecule has 3 rings (SSSR count). The van der Waals surface area contributed by atoms with Crippen LogP contribution in [0.2, 0.25) is 10.0 Å². The molecular formula is C25H29Cl2IN2O3.